The zero-order chi connectivity index (χ0) is 20.6. The first kappa shape index (κ1) is 19.1. The number of pyridine rings is 1. The van der Waals surface area contributed by atoms with Crippen LogP contribution in [0.1, 0.15) is 0 Å². The van der Waals surface area contributed by atoms with E-state index in [9.17, 15) is 25.0 Å². The monoisotopic (exact) mass is 404 g/mol. The molecular weight excluding hydrogens is 392 g/mol. The van der Waals surface area contributed by atoms with Crippen LogP contribution in [-0.4, -0.2) is 21.5 Å². The fourth-order valence-corrected chi connectivity index (χ4v) is 3.08. The van der Waals surface area contributed by atoms with Gasteiger partial charge in [0, 0.05) is 24.2 Å². The van der Waals surface area contributed by atoms with Crippen molar-refractivity contribution in [3.05, 3.63) is 72.0 Å². The van der Waals surface area contributed by atoms with Crippen LogP contribution in [0.4, 0.5) is 22.7 Å². The highest BCUT2D eigenvalue weighted by Crippen LogP contribution is 2.38. The van der Waals surface area contributed by atoms with Crippen molar-refractivity contribution in [2.75, 3.05) is 12.4 Å². The number of hydrogen-bond donors (Lipinski definition) is 1. The molecule has 11 heteroatoms. The number of aromatic nitrogens is 1. The number of nitrogens with zero attached hydrogens (tertiary/aromatic N) is 3. The number of nitrogens with one attached hydrogen (secondary N) is 1. The average Bonchev–Trinajstić information content (AvgIpc) is 2.68. The third-order valence-corrected chi connectivity index (χ3v) is 4.51. The molecule has 3 aromatic rings. The van der Waals surface area contributed by atoms with Crippen molar-refractivity contribution in [2.45, 2.75) is 0 Å². The van der Waals surface area contributed by atoms with E-state index in [2.05, 4.69) is 5.32 Å². The molecule has 0 unspecified atom stereocenters. The van der Waals surface area contributed by atoms with Crippen LogP contribution in [0.5, 0.6) is 5.75 Å². The maximum absolute atomic E-state index is 12.5. The van der Waals surface area contributed by atoms with Gasteiger partial charge in [0.15, 0.2) is 0 Å². The van der Waals surface area contributed by atoms with Gasteiger partial charge < -0.3 is 14.6 Å². The molecule has 1 heterocycles. The number of benzene rings is 2. The fraction of sp³-hybridized carbons (Fsp3) is 0.118. The van der Waals surface area contributed by atoms with Gasteiger partial charge in [-0.1, -0.05) is 11.6 Å². The van der Waals surface area contributed by atoms with Gasteiger partial charge in [0.1, 0.15) is 16.3 Å². The largest absolute Gasteiger partial charge is 0.497 e. The molecule has 3 rings (SSSR count). The summed E-state index contributed by atoms with van der Waals surface area (Å²) >= 11 is 6.19. The molecule has 1 aromatic heterocycles. The van der Waals surface area contributed by atoms with E-state index in [0.29, 0.717) is 11.4 Å². The van der Waals surface area contributed by atoms with Crippen LogP contribution in [0, 0.1) is 20.2 Å². The minimum absolute atomic E-state index is 0.0386. The van der Waals surface area contributed by atoms with E-state index in [1.54, 1.807) is 24.3 Å². The lowest BCUT2D eigenvalue weighted by Gasteiger charge is -2.14. The average molecular weight is 405 g/mol. The van der Waals surface area contributed by atoms with Crippen molar-refractivity contribution in [3.63, 3.8) is 0 Å². The number of anilines is 2. The second kappa shape index (κ2) is 7.16. The molecule has 28 heavy (non-hydrogen) atoms. The second-order valence-corrected chi connectivity index (χ2v) is 6.16. The van der Waals surface area contributed by atoms with Gasteiger partial charge in [-0.2, -0.15) is 0 Å². The molecule has 0 amide bonds. The molecule has 0 aliphatic heterocycles. The SMILES string of the molecule is COc1ccc(Nc2c(Cl)c(=O)n(C)c3c([N+](=O)[O-])cc([N+](=O)[O-])cc23)cc1. The molecule has 0 saturated heterocycles. The highest BCUT2D eigenvalue weighted by atomic mass is 35.5. The summed E-state index contributed by atoms with van der Waals surface area (Å²) < 4.78 is 6.07. The van der Waals surface area contributed by atoms with Gasteiger partial charge in [-0.3, -0.25) is 25.0 Å². The summed E-state index contributed by atoms with van der Waals surface area (Å²) in [5.41, 5.74) is -1.28. The Labute approximate surface area is 162 Å². The Kier molecular flexibility index (Phi) is 4.89. The van der Waals surface area contributed by atoms with Gasteiger partial charge in [-0.25, -0.2) is 0 Å². The predicted octanol–water partition coefficient (Wildman–Crippen LogP) is 3.76. The first-order valence-corrected chi connectivity index (χ1v) is 8.18. The Morgan fingerprint density at radius 1 is 1.11 bits per heavy atom. The first-order chi connectivity index (χ1) is 13.2. The Bertz CT molecular complexity index is 1170. The Hall–Kier alpha value is -3.66. The summed E-state index contributed by atoms with van der Waals surface area (Å²) in [5.74, 6) is 0.594. The Morgan fingerprint density at radius 2 is 1.75 bits per heavy atom. The number of hydrogen-bond acceptors (Lipinski definition) is 7. The molecule has 0 saturated carbocycles. The molecule has 0 radical (unpaired) electrons. The summed E-state index contributed by atoms with van der Waals surface area (Å²) in [7, 11) is 2.82. The molecule has 0 atom stereocenters. The van der Waals surface area contributed by atoms with E-state index in [0.717, 1.165) is 16.7 Å². The van der Waals surface area contributed by atoms with E-state index in [-0.39, 0.29) is 21.6 Å². The van der Waals surface area contributed by atoms with Gasteiger partial charge in [-0.05, 0) is 24.3 Å². The minimum Gasteiger partial charge on any atom is -0.497 e. The van der Waals surface area contributed by atoms with Crippen LogP contribution in [0.3, 0.4) is 0 Å². The molecule has 1 N–H and O–H groups in total. The third kappa shape index (κ3) is 3.21. The highest BCUT2D eigenvalue weighted by Gasteiger charge is 2.26. The lowest BCUT2D eigenvalue weighted by atomic mass is 10.1. The second-order valence-electron chi connectivity index (χ2n) is 5.78. The third-order valence-electron chi connectivity index (χ3n) is 4.16. The van der Waals surface area contributed by atoms with Crippen LogP contribution in [0.25, 0.3) is 10.9 Å². The quantitative estimate of drug-likeness (QED) is 0.506. The van der Waals surface area contributed by atoms with Crippen LogP contribution >= 0.6 is 11.6 Å². The minimum atomic E-state index is -0.778. The fourth-order valence-electron chi connectivity index (χ4n) is 2.81. The van der Waals surface area contributed by atoms with Crippen molar-refractivity contribution in [2.24, 2.45) is 7.05 Å². The molecule has 0 fully saturated rings. The number of non-ortho nitro benzene ring substituents is 2. The van der Waals surface area contributed by atoms with Crippen LogP contribution in [0.15, 0.2) is 41.2 Å². The van der Waals surface area contributed by atoms with E-state index < -0.39 is 26.8 Å². The smallest absolute Gasteiger partial charge is 0.300 e. The number of nitro groups is 2. The Morgan fingerprint density at radius 3 is 2.29 bits per heavy atom. The number of halogens is 1. The van der Waals surface area contributed by atoms with E-state index in [1.165, 1.54) is 14.2 Å². The van der Waals surface area contributed by atoms with E-state index >= 15 is 0 Å². The summed E-state index contributed by atoms with van der Waals surface area (Å²) in [6.07, 6.45) is 0. The summed E-state index contributed by atoms with van der Waals surface area (Å²) in [6, 6.07) is 8.55. The number of fused-ring (bicyclic) bond motifs is 1. The van der Waals surface area contributed by atoms with E-state index in [1.807, 2.05) is 0 Å². The molecular formula is C17H13ClN4O6. The molecule has 0 aliphatic carbocycles. The predicted molar refractivity (Wildman–Crippen MR) is 104 cm³/mol. The summed E-state index contributed by atoms with van der Waals surface area (Å²) in [4.78, 5) is 33.7. The van der Waals surface area contributed by atoms with Crippen molar-refractivity contribution >= 4 is 45.3 Å². The van der Waals surface area contributed by atoms with Crippen LogP contribution in [-0.2, 0) is 7.05 Å². The van der Waals surface area contributed by atoms with Gasteiger partial charge in [0.2, 0.25) is 0 Å². The number of methoxy groups -OCH3 is 1. The lowest BCUT2D eigenvalue weighted by molar-refractivity contribution is -0.393. The standard InChI is InChI=1S/C17H13ClN4O6/c1-20-16-12(7-10(21(24)25)8-13(16)22(26)27)15(14(18)17(20)23)19-9-3-5-11(28-2)6-4-9/h3-8,19H,1-2H3. The molecule has 144 valence electrons. The van der Waals surface area contributed by atoms with Gasteiger partial charge >= 0.3 is 5.69 Å². The number of nitro benzene ring substituents is 2. The van der Waals surface area contributed by atoms with Crippen molar-refractivity contribution in [3.8, 4) is 5.75 Å². The van der Waals surface area contributed by atoms with Gasteiger partial charge in [0.25, 0.3) is 11.2 Å². The molecule has 0 spiro atoms. The maximum atomic E-state index is 12.5. The van der Waals surface area contributed by atoms with Crippen LogP contribution in [0.2, 0.25) is 5.02 Å². The number of rotatable bonds is 5. The van der Waals surface area contributed by atoms with Gasteiger partial charge in [0.05, 0.1) is 28.7 Å². The molecule has 0 bridgehead atoms. The van der Waals surface area contributed by atoms with Crippen molar-refractivity contribution < 1.29 is 14.6 Å². The first-order valence-electron chi connectivity index (χ1n) is 7.80. The zero-order valence-corrected chi connectivity index (χ0v) is 15.4. The zero-order valence-electron chi connectivity index (χ0n) is 14.6. The highest BCUT2D eigenvalue weighted by molar-refractivity contribution is 6.35. The molecule has 0 aliphatic rings. The lowest BCUT2D eigenvalue weighted by Crippen LogP contribution is -2.20. The maximum Gasteiger partial charge on any atom is 0.300 e. The topological polar surface area (TPSA) is 130 Å². The normalized spacial score (nSPS) is 10.7. The van der Waals surface area contributed by atoms with Crippen molar-refractivity contribution in [1.82, 2.24) is 4.57 Å². The van der Waals surface area contributed by atoms with Crippen LogP contribution < -0.4 is 15.6 Å². The van der Waals surface area contributed by atoms with E-state index in [4.69, 9.17) is 16.3 Å². The summed E-state index contributed by atoms with van der Waals surface area (Å²) in [5, 5.41) is 25.5. The molecule has 10 nitrogen and oxygen atoms in total. The molecule has 2 aromatic carbocycles. The number of ether oxygens (including phenoxy) is 1. The van der Waals surface area contributed by atoms with Crippen molar-refractivity contribution in [1.29, 1.82) is 0 Å². The van der Waals surface area contributed by atoms with Gasteiger partial charge in [-0.15, -0.1) is 0 Å². The Balaban J connectivity index is 2.35. The summed E-state index contributed by atoms with van der Waals surface area (Å²) in [6.45, 7) is 0. The number of aryl methyl sites for hydroxylation is 1.